The molecule has 3 aliphatic rings. The topological polar surface area (TPSA) is 38.5 Å². The molecule has 2 bridgehead atoms. The molecule has 2 heterocycles. The minimum Gasteiger partial charge on any atom is -0.379 e. The predicted octanol–water partition coefficient (Wildman–Crippen LogP) is 0.444. The number of nitrogens with two attached hydrogens (primary N) is 1. The molecule has 4 atom stereocenters. The summed E-state index contributed by atoms with van der Waals surface area (Å²) in [5.74, 6) is 1.59. The van der Waals surface area contributed by atoms with E-state index in [1.54, 1.807) is 0 Å². The first-order valence-electron chi connectivity index (χ1n) is 5.90. The molecule has 3 fully saturated rings. The lowest BCUT2D eigenvalue weighted by Crippen LogP contribution is -2.41. The lowest BCUT2D eigenvalue weighted by Gasteiger charge is -2.29. The second-order valence-corrected chi connectivity index (χ2v) is 5.25. The molecule has 80 valence electrons. The molecule has 1 saturated carbocycles. The summed E-state index contributed by atoms with van der Waals surface area (Å²) in [6.07, 6.45) is 4.34. The molecule has 0 spiro atoms. The van der Waals surface area contributed by atoms with Crippen molar-refractivity contribution in [3.05, 3.63) is 0 Å². The Morgan fingerprint density at radius 2 is 2.21 bits per heavy atom. The number of likely N-dealkylation sites (tertiary alicyclic amines) is 1. The van der Waals surface area contributed by atoms with Gasteiger partial charge in [-0.3, -0.25) is 4.90 Å². The van der Waals surface area contributed by atoms with Gasteiger partial charge in [0.2, 0.25) is 0 Å². The van der Waals surface area contributed by atoms with Crippen molar-refractivity contribution in [2.75, 3.05) is 26.3 Å². The maximum atomic E-state index is 6.00. The standard InChI is InChI=1S/C11H20N2O/c12-11-7-14-6-9(11)5-13-4-8-1-2-10(13)3-8/h8-11H,1-7,12H2. The van der Waals surface area contributed by atoms with Gasteiger partial charge in [0.1, 0.15) is 0 Å². The average molecular weight is 196 g/mol. The third kappa shape index (κ3) is 1.47. The molecule has 0 aromatic heterocycles. The van der Waals surface area contributed by atoms with Crippen molar-refractivity contribution in [3.63, 3.8) is 0 Å². The monoisotopic (exact) mass is 196 g/mol. The number of rotatable bonds is 2. The fourth-order valence-corrected chi connectivity index (χ4v) is 3.35. The number of ether oxygens (including phenoxy) is 1. The third-order valence-electron chi connectivity index (χ3n) is 4.24. The lowest BCUT2D eigenvalue weighted by molar-refractivity contribution is 0.150. The Bertz CT molecular complexity index is 221. The van der Waals surface area contributed by atoms with E-state index in [2.05, 4.69) is 4.90 Å². The molecule has 3 heteroatoms. The zero-order chi connectivity index (χ0) is 9.54. The maximum absolute atomic E-state index is 6.00. The van der Waals surface area contributed by atoms with Crippen LogP contribution in [0.25, 0.3) is 0 Å². The first-order valence-corrected chi connectivity index (χ1v) is 5.90. The zero-order valence-corrected chi connectivity index (χ0v) is 8.69. The van der Waals surface area contributed by atoms with Crippen LogP contribution in [0.2, 0.25) is 0 Å². The van der Waals surface area contributed by atoms with Gasteiger partial charge >= 0.3 is 0 Å². The van der Waals surface area contributed by atoms with Crippen LogP contribution in [0.3, 0.4) is 0 Å². The van der Waals surface area contributed by atoms with Crippen LogP contribution in [0.1, 0.15) is 19.3 Å². The summed E-state index contributed by atoms with van der Waals surface area (Å²) < 4.78 is 5.41. The Morgan fingerprint density at radius 3 is 2.79 bits per heavy atom. The van der Waals surface area contributed by atoms with Gasteiger partial charge in [0.05, 0.1) is 13.2 Å². The van der Waals surface area contributed by atoms with Gasteiger partial charge in [0.15, 0.2) is 0 Å². The number of nitrogens with zero attached hydrogens (tertiary/aromatic N) is 1. The van der Waals surface area contributed by atoms with Crippen LogP contribution in [0.4, 0.5) is 0 Å². The Hall–Kier alpha value is -0.120. The summed E-state index contributed by atoms with van der Waals surface area (Å²) in [6.45, 7) is 4.16. The van der Waals surface area contributed by atoms with Crippen molar-refractivity contribution in [1.29, 1.82) is 0 Å². The third-order valence-corrected chi connectivity index (χ3v) is 4.24. The van der Waals surface area contributed by atoms with Gasteiger partial charge in [-0.1, -0.05) is 0 Å². The van der Waals surface area contributed by atoms with Gasteiger partial charge < -0.3 is 10.5 Å². The fraction of sp³-hybridized carbons (Fsp3) is 1.00. The Labute approximate surface area is 85.6 Å². The predicted molar refractivity (Wildman–Crippen MR) is 55.0 cm³/mol. The molecule has 0 aromatic carbocycles. The summed E-state index contributed by atoms with van der Waals surface area (Å²) in [5.41, 5.74) is 6.00. The Kier molecular flexibility index (Phi) is 2.26. The van der Waals surface area contributed by atoms with Gasteiger partial charge in [0.25, 0.3) is 0 Å². The van der Waals surface area contributed by atoms with E-state index >= 15 is 0 Å². The minimum absolute atomic E-state index is 0.286. The van der Waals surface area contributed by atoms with E-state index in [0.717, 1.165) is 25.2 Å². The number of hydrogen-bond donors (Lipinski definition) is 1. The second kappa shape index (κ2) is 3.47. The van der Waals surface area contributed by atoms with Crippen molar-refractivity contribution in [1.82, 2.24) is 4.90 Å². The smallest absolute Gasteiger partial charge is 0.0621 e. The number of hydrogen-bond acceptors (Lipinski definition) is 3. The molecule has 14 heavy (non-hydrogen) atoms. The highest BCUT2D eigenvalue weighted by molar-refractivity contribution is 4.94. The van der Waals surface area contributed by atoms with E-state index < -0.39 is 0 Å². The van der Waals surface area contributed by atoms with Crippen molar-refractivity contribution >= 4 is 0 Å². The van der Waals surface area contributed by atoms with E-state index in [9.17, 15) is 0 Å². The number of piperidine rings is 1. The van der Waals surface area contributed by atoms with Crippen molar-refractivity contribution in [2.45, 2.75) is 31.3 Å². The fourth-order valence-electron chi connectivity index (χ4n) is 3.35. The number of fused-ring (bicyclic) bond motifs is 2. The van der Waals surface area contributed by atoms with Crippen LogP contribution in [0.15, 0.2) is 0 Å². The average Bonchev–Trinajstić information content (AvgIpc) is 2.83. The molecule has 3 nitrogen and oxygen atoms in total. The van der Waals surface area contributed by atoms with Gasteiger partial charge in [0, 0.05) is 31.1 Å². The minimum atomic E-state index is 0.286. The largest absolute Gasteiger partial charge is 0.379 e. The van der Waals surface area contributed by atoms with Crippen molar-refractivity contribution < 1.29 is 4.74 Å². The lowest BCUT2D eigenvalue weighted by atomic mass is 10.0. The second-order valence-electron chi connectivity index (χ2n) is 5.25. The van der Waals surface area contributed by atoms with E-state index in [1.807, 2.05) is 0 Å². The van der Waals surface area contributed by atoms with Gasteiger partial charge in [-0.05, 0) is 25.2 Å². The molecular formula is C11H20N2O. The first-order chi connectivity index (χ1) is 6.83. The van der Waals surface area contributed by atoms with Gasteiger partial charge in [-0.15, -0.1) is 0 Å². The van der Waals surface area contributed by atoms with Gasteiger partial charge in [-0.25, -0.2) is 0 Å². The summed E-state index contributed by atoms with van der Waals surface area (Å²) in [6, 6.07) is 1.17. The van der Waals surface area contributed by atoms with Crippen LogP contribution in [-0.4, -0.2) is 43.3 Å². The quantitative estimate of drug-likeness (QED) is 0.696. The summed E-state index contributed by atoms with van der Waals surface area (Å²) >= 11 is 0. The molecule has 4 unspecified atom stereocenters. The van der Waals surface area contributed by atoms with E-state index in [-0.39, 0.29) is 6.04 Å². The molecule has 0 radical (unpaired) electrons. The summed E-state index contributed by atoms with van der Waals surface area (Å²) in [5, 5.41) is 0. The molecule has 2 N–H and O–H groups in total. The molecule has 0 aromatic rings. The Morgan fingerprint density at radius 1 is 1.29 bits per heavy atom. The van der Waals surface area contributed by atoms with Crippen LogP contribution in [0.5, 0.6) is 0 Å². The highest BCUT2D eigenvalue weighted by atomic mass is 16.5. The van der Waals surface area contributed by atoms with Gasteiger partial charge in [-0.2, -0.15) is 0 Å². The highest BCUT2D eigenvalue weighted by Crippen LogP contribution is 2.37. The SMILES string of the molecule is NC1COCC1CN1CC2CCC1C2. The highest BCUT2D eigenvalue weighted by Gasteiger charge is 2.39. The van der Waals surface area contributed by atoms with Crippen LogP contribution < -0.4 is 5.73 Å². The van der Waals surface area contributed by atoms with E-state index in [0.29, 0.717) is 5.92 Å². The van der Waals surface area contributed by atoms with E-state index in [4.69, 9.17) is 10.5 Å². The van der Waals surface area contributed by atoms with Crippen molar-refractivity contribution in [2.24, 2.45) is 17.6 Å². The molecule has 3 rings (SSSR count). The molecule has 2 saturated heterocycles. The Balaban J connectivity index is 1.57. The molecule has 2 aliphatic heterocycles. The summed E-state index contributed by atoms with van der Waals surface area (Å²) in [7, 11) is 0. The maximum Gasteiger partial charge on any atom is 0.0621 e. The van der Waals surface area contributed by atoms with Crippen LogP contribution >= 0.6 is 0 Å². The molecular weight excluding hydrogens is 176 g/mol. The summed E-state index contributed by atoms with van der Waals surface area (Å²) in [4.78, 5) is 2.66. The first kappa shape index (κ1) is 9.13. The van der Waals surface area contributed by atoms with Crippen LogP contribution in [-0.2, 0) is 4.74 Å². The zero-order valence-electron chi connectivity index (χ0n) is 8.69. The van der Waals surface area contributed by atoms with E-state index in [1.165, 1.54) is 32.4 Å². The molecule has 1 aliphatic carbocycles. The van der Waals surface area contributed by atoms with Crippen LogP contribution in [0, 0.1) is 11.8 Å². The van der Waals surface area contributed by atoms with Crippen molar-refractivity contribution in [3.8, 4) is 0 Å². The normalized spacial score (nSPS) is 47.8. The molecule has 0 amide bonds.